The summed E-state index contributed by atoms with van der Waals surface area (Å²) in [4.78, 5) is 11.2. The van der Waals surface area contributed by atoms with Crippen molar-refractivity contribution in [3.8, 4) is 0 Å². The lowest BCUT2D eigenvalue weighted by Crippen LogP contribution is -2.00. The summed E-state index contributed by atoms with van der Waals surface area (Å²) in [5.74, 6) is -0.339. The van der Waals surface area contributed by atoms with E-state index < -0.39 is 0 Å². The third-order valence-corrected chi connectivity index (χ3v) is 2.36. The molecule has 0 unspecified atom stereocenters. The zero-order valence-electron chi connectivity index (χ0n) is 7.53. The molecule has 0 atom stereocenters. The summed E-state index contributed by atoms with van der Waals surface area (Å²) in [6.45, 7) is 0. The lowest BCUT2D eigenvalue weighted by atomic mass is 10.1. The van der Waals surface area contributed by atoms with E-state index in [1.165, 1.54) is 11.2 Å². The summed E-state index contributed by atoms with van der Waals surface area (Å²) in [6.07, 6.45) is 1.73. The van der Waals surface area contributed by atoms with Crippen molar-refractivity contribution in [1.82, 2.24) is 4.09 Å². The van der Waals surface area contributed by atoms with E-state index in [-0.39, 0.29) is 5.97 Å². The lowest BCUT2D eigenvalue weighted by Gasteiger charge is -1.99. The largest absolute Gasteiger partial charge is 0.465 e. The van der Waals surface area contributed by atoms with E-state index in [1.54, 1.807) is 24.4 Å². The number of hydrogen-bond donors (Lipinski definition) is 0. The highest BCUT2D eigenvalue weighted by Crippen LogP contribution is 2.18. The lowest BCUT2D eigenvalue weighted by molar-refractivity contribution is 0.0601. The van der Waals surface area contributed by atoms with Crippen molar-refractivity contribution in [3.63, 3.8) is 0 Å². The highest BCUT2D eigenvalue weighted by Gasteiger charge is 2.07. The van der Waals surface area contributed by atoms with Crippen molar-refractivity contribution >= 4 is 28.6 Å². The number of esters is 1. The van der Waals surface area contributed by atoms with Crippen molar-refractivity contribution in [2.45, 2.75) is 0 Å². The van der Waals surface area contributed by atoms with Crippen LogP contribution in [0.4, 0.5) is 0 Å². The maximum Gasteiger partial charge on any atom is 0.337 e. The fraction of sp³-hybridized carbons (Fsp3) is 0.100. The van der Waals surface area contributed by atoms with Crippen LogP contribution >= 0.6 is 11.8 Å². The summed E-state index contributed by atoms with van der Waals surface area (Å²) in [5, 5.41) is 0.919. The first kappa shape index (κ1) is 9.09. The molecule has 1 heterocycles. The molecule has 14 heavy (non-hydrogen) atoms. The van der Waals surface area contributed by atoms with Gasteiger partial charge in [-0.15, -0.1) is 0 Å². The molecule has 0 saturated carbocycles. The summed E-state index contributed by atoms with van der Waals surface area (Å²) in [7, 11) is 1.36. The SMILES string of the molecule is COC(=O)c1ccc2c(ccn2Cl)c1. The Hall–Kier alpha value is -1.48. The smallest absolute Gasteiger partial charge is 0.337 e. The Morgan fingerprint density at radius 3 is 2.93 bits per heavy atom. The molecule has 2 rings (SSSR count). The van der Waals surface area contributed by atoms with E-state index in [0.717, 1.165) is 10.9 Å². The maximum absolute atomic E-state index is 11.2. The van der Waals surface area contributed by atoms with Gasteiger partial charge >= 0.3 is 5.97 Å². The van der Waals surface area contributed by atoms with E-state index in [4.69, 9.17) is 11.8 Å². The number of carbonyl (C=O) groups excluding carboxylic acids is 1. The number of carbonyl (C=O) groups is 1. The van der Waals surface area contributed by atoms with Crippen molar-refractivity contribution < 1.29 is 9.53 Å². The molecule has 0 radical (unpaired) electrons. The number of methoxy groups -OCH3 is 1. The molecule has 0 aliphatic rings. The number of fused-ring (bicyclic) bond motifs is 1. The number of benzene rings is 1. The molecule has 2 aromatic rings. The molecule has 4 heteroatoms. The van der Waals surface area contributed by atoms with Gasteiger partial charge in [-0.3, -0.25) is 4.09 Å². The third-order valence-electron chi connectivity index (χ3n) is 2.06. The fourth-order valence-corrected chi connectivity index (χ4v) is 1.56. The molecule has 0 bridgehead atoms. The van der Waals surface area contributed by atoms with Crippen LogP contribution in [0.5, 0.6) is 0 Å². The first-order valence-electron chi connectivity index (χ1n) is 4.08. The Kier molecular flexibility index (Phi) is 2.17. The monoisotopic (exact) mass is 209 g/mol. The molecule has 1 aromatic heterocycles. The number of aromatic nitrogens is 1. The molecule has 72 valence electrons. The number of hydrogen-bond acceptors (Lipinski definition) is 2. The normalized spacial score (nSPS) is 10.4. The Labute approximate surface area is 86.0 Å². The van der Waals surface area contributed by atoms with Crippen LogP contribution in [0.15, 0.2) is 30.5 Å². The number of rotatable bonds is 1. The van der Waals surface area contributed by atoms with Gasteiger partial charge in [-0.2, -0.15) is 0 Å². The zero-order valence-corrected chi connectivity index (χ0v) is 8.28. The molecule has 0 aliphatic carbocycles. The maximum atomic E-state index is 11.2. The molecule has 0 fully saturated rings. The van der Waals surface area contributed by atoms with Crippen molar-refractivity contribution in [1.29, 1.82) is 0 Å². The summed E-state index contributed by atoms with van der Waals surface area (Å²) in [6, 6.07) is 7.07. The van der Waals surface area contributed by atoms with Crippen LogP contribution in [0, 0.1) is 0 Å². The second kappa shape index (κ2) is 3.35. The Balaban J connectivity index is 2.57. The molecule has 0 N–H and O–H groups in total. The minimum Gasteiger partial charge on any atom is -0.465 e. The molecular formula is C10H8ClNO2. The predicted octanol–water partition coefficient (Wildman–Crippen LogP) is 2.43. The second-order valence-corrected chi connectivity index (χ2v) is 3.26. The fourth-order valence-electron chi connectivity index (χ4n) is 1.35. The Morgan fingerprint density at radius 2 is 2.21 bits per heavy atom. The molecule has 0 saturated heterocycles. The van der Waals surface area contributed by atoms with Gasteiger partial charge in [-0.1, -0.05) is 0 Å². The third kappa shape index (κ3) is 1.36. The van der Waals surface area contributed by atoms with Gasteiger partial charge in [0.15, 0.2) is 0 Å². The van der Waals surface area contributed by atoms with E-state index in [2.05, 4.69) is 4.74 Å². The first-order valence-corrected chi connectivity index (χ1v) is 4.42. The Bertz CT molecular complexity index is 490. The first-order chi connectivity index (χ1) is 6.72. The van der Waals surface area contributed by atoms with Gasteiger partial charge in [0.25, 0.3) is 0 Å². The topological polar surface area (TPSA) is 31.2 Å². The van der Waals surface area contributed by atoms with Gasteiger partial charge in [0.05, 0.1) is 18.2 Å². The summed E-state index contributed by atoms with van der Waals surface area (Å²) in [5.41, 5.74) is 1.40. The minimum absolute atomic E-state index is 0.339. The van der Waals surface area contributed by atoms with Crippen molar-refractivity contribution in [2.75, 3.05) is 7.11 Å². The van der Waals surface area contributed by atoms with E-state index in [9.17, 15) is 4.79 Å². The van der Waals surface area contributed by atoms with E-state index in [0.29, 0.717) is 5.56 Å². The van der Waals surface area contributed by atoms with Crippen LogP contribution in [-0.2, 0) is 4.74 Å². The molecule has 3 nitrogen and oxygen atoms in total. The molecule has 0 aliphatic heterocycles. The highest BCUT2D eigenvalue weighted by atomic mass is 35.5. The van der Waals surface area contributed by atoms with Crippen LogP contribution in [-0.4, -0.2) is 17.2 Å². The highest BCUT2D eigenvalue weighted by molar-refractivity contribution is 6.19. The Morgan fingerprint density at radius 1 is 1.43 bits per heavy atom. The van der Waals surface area contributed by atoms with Crippen LogP contribution < -0.4 is 0 Å². The van der Waals surface area contributed by atoms with Crippen molar-refractivity contribution in [2.24, 2.45) is 0 Å². The quantitative estimate of drug-likeness (QED) is 0.676. The van der Waals surface area contributed by atoms with Crippen LogP contribution in [0.1, 0.15) is 10.4 Å². The summed E-state index contributed by atoms with van der Waals surface area (Å²) >= 11 is 5.84. The average molecular weight is 210 g/mol. The van der Waals surface area contributed by atoms with Crippen LogP contribution in [0.3, 0.4) is 0 Å². The van der Waals surface area contributed by atoms with Crippen LogP contribution in [0.25, 0.3) is 10.9 Å². The average Bonchev–Trinajstić information content (AvgIpc) is 2.59. The molecular weight excluding hydrogens is 202 g/mol. The molecule has 0 spiro atoms. The number of halogens is 1. The van der Waals surface area contributed by atoms with Gasteiger partial charge in [-0.25, -0.2) is 4.79 Å². The number of ether oxygens (including phenoxy) is 1. The van der Waals surface area contributed by atoms with Gasteiger partial charge in [0.1, 0.15) is 0 Å². The van der Waals surface area contributed by atoms with E-state index in [1.807, 2.05) is 6.07 Å². The summed E-state index contributed by atoms with van der Waals surface area (Å²) < 4.78 is 6.10. The van der Waals surface area contributed by atoms with Crippen molar-refractivity contribution in [3.05, 3.63) is 36.0 Å². The zero-order chi connectivity index (χ0) is 10.1. The van der Waals surface area contributed by atoms with Gasteiger partial charge in [0, 0.05) is 23.4 Å². The molecule has 1 aromatic carbocycles. The van der Waals surface area contributed by atoms with Gasteiger partial charge in [0.2, 0.25) is 0 Å². The minimum atomic E-state index is -0.339. The number of nitrogens with zero attached hydrogens (tertiary/aromatic N) is 1. The van der Waals surface area contributed by atoms with Gasteiger partial charge < -0.3 is 4.74 Å². The molecule has 0 amide bonds. The second-order valence-electron chi connectivity index (χ2n) is 2.89. The standard InChI is InChI=1S/C10H8ClNO2/c1-14-10(13)8-2-3-9-7(6-8)4-5-12(9)11/h2-6H,1H3. The van der Waals surface area contributed by atoms with Crippen LogP contribution in [0.2, 0.25) is 0 Å². The van der Waals surface area contributed by atoms with Gasteiger partial charge in [-0.05, 0) is 24.3 Å². The predicted molar refractivity (Wildman–Crippen MR) is 54.5 cm³/mol. The van der Waals surface area contributed by atoms with E-state index >= 15 is 0 Å².